The lowest BCUT2D eigenvalue weighted by molar-refractivity contribution is -0.123. The number of nitrogens with one attached hydrogen (secondary N) is 1. The van der Waals surface area contributed by atoms with Gasteiger partial charge >= 0.3 is 0 Å². The minimum Gasteiger partial charge on any atom is -0.348 e. The third-order valence-electron chi connectivity index (χ3n) is 4.32. The van der Waals surface area contributed by atoms with Crippen molar-refractivity contribution in [2.75, 3.05) is 10.1 Å². The van der Waals surface area contributed by atoms with Crippen molar-refractivity contribution in [3.05, 3.63) is 65.5 Å². The van der Waals surface area contributed by atoms with Crippen molar-refractivity contribution < 1.29 is 22.4 Å². The summed E-state index contributed by atoms with van der Waals surface area (Å²) in [6.07, 6.45) is 0. The van der Waals surface area contributed by atoms with Crippen LogP contribution in [0.4, 0.5) is 10.1 Å². The topological polar surface area (TPSA) is 83.6 Å². The van der Waals surface area contributed by atoms with Gasteiger partial charge in [0.15, 0.2) is 0 Å². The molecule has 0 bridgehead atoms. The highest BCUT2D eigenvalue weighted by molar-refractivity contribution is 7.94. The Kier molecular flexibility index (Phi) is 4.77. The predicted molar refractivity (Wildman–Crippen MR) is 99.1 cm³/mol. The number of sulfonamides is 1. The van der Waals surface area contributed by atoms with E-state index in [1.54, 1.807) is 32.0 Å². The van der Waals surface area contributed by atoms with Gasteiger partial charge in [-0.3, -0.25) is 9.59 Å². The minimum absolute atomic E-state index is 0.0102. The number of benzene rings is 2. The van der Waals surface area contributed by atoms with E-state index >= 15 is 0 Å². The maximum atomic E-state index is 13.7. The Morgan fingerprint density at radius 3 is 2.52 bits per heavy atom. The SMILES string of the molecule is CC1(C)CS(=O)(=O)N(c2cccc(C(=O)NCc3ccccc3F)c2)C1=O. The molecule has 0 aromatic heterocycles. The van der Waals surface area contributed by atoms with E-state index in [1.165, 1.54) is 30.3 Å². The number of hydrogen-bond acceptors (Lipinski definition) is 4. The lowest BCUT2D eigenvalue weighted by Gasteiger charge is -2.18. The molecule has 0 spiro atoms. The third kappa shape index (κ3) is 3.71. The highest BCUT2D eigenvalue weighted by atomic mass is 32.2. The zero-order valence-corrected chi connectivity index (χ0v) is 15.7. The molecular weight excluding hydrogens is 371 g/mol. The van der Waals surface area contributed by atoms with Gasteiger partial charge in [0, 0.05) is 17.7 Å². The first-order valence-electron chi connectivity index (χ1n) is 8.31. The zero-order chi connectivity index (χ0) is 19.8. The summed E-state index contributed by atoms with van der Waals surface area (Å²) in [6.45, 7) is 3.12. The molecule has 0 aliphatic carbocycles. The van der Waals surface area contributed by atoms with Crippen molar-refractivity contribution in [3.63, 3.8) is 0 Å². The highest BCUT2D eigenvalue weighted by Gasteiger charge is 2.49. The second-order valence-electron chi connectivity index (χ2n) is 7.03. The molecule has 6 nitrogen and oxygen atoms in total. The Bertz CT molecular complexity index is 1020. The number of carbonyl (C=O) groups is 2. The van der Waals surface area contributed by atoms with Gasteiger partial charge in [-0.1, -0.05) is 24.3 Å². The predicted octanol–water partition coefficient (Wildman–Crippen LogP) is 2.46. The van der Waals surface area contributed by atoms with Crippen LogP contribution in [0.3, 0.4) is 0 Å². The van der Waals surface area contributed by atoms with Gasteiger partial charge in [0.1, 0.15) is 5.82 Å². The van der Waals surface area contributed by atoms with Crippen molar-refractivity contribution in [1.29, 1.82) is 0 Å². The average molecular weight is 390 g/mol. The molecule has 8 heteroatoms. The molecule has 1 heterocycles. The van der Waals surface area contributed by atoms with E-state index in [2.05, 4.69) is 5.32 Å². The van der Waals surface area contributed by atoms with E-state index in [0.717, 1.165) is 4.31 Å². The summed E-state index contributed by atoms with van der Waals surface area (Å²) in [4.78, 5) is 24.9. The van der Waals surface area contributed by atoms with Crippen molar-refractivity contribution in [1.82, 2.24) is 5.32 Å². The molecule has 1 aliphatic rings. The minimum atomic E-state index is -3.80. The molecule has 0 unspecified atom stereocenters. The fraction of sp³-hybridized carbons (Fsp3) is 0.263. The summed E-state index contributed by atoms with van der Waals surface area (Å²) in [5, 5.41) is 2.59. The highest BCUT2D eigenvalue weighted by Crippen LogP contribution is 2.35. The number of anilines is 1. The van der Waals surface area contributed by atoms with Crippen molar-refractivity contribution in [2.24, 2.45) is 5.41 Å². The number of hydrogen-bond donors (Lipinski definition) is 1. The molecule has 2 aromatic rings. The Morgan fingerprint density at radius 2 is 1.89 bits per heavy atom. The third-order valence-corrected chi connectivity index (χ3v) is 6.34. The normalized spacial score (nSPS) is 17.7. The van der Waals surface area contributed by atoms with Gasteiger partial charge < -0.3 is 5.32 Å². The van der Waals surface area contributed by atoms with Crippen LogP contribution in [0.2, 0.25) is 0 Å². The van der Waals surface area contributed by atoms with E-state index < -0.39 is 33.1 Å². The second kappa shape index (κ2) is 6.77. The van der Waals surface area contributed by atoms with Gasteiger partial charge in [0.2, 0.25) is 15.9 Å². The van der Waals surface area contributed by atoms with E-state index in [-0.39, 0.29) is 23.5 Å². The van der Waals surface area contributed by atoms with Gasteiger partial charge in [0.05, 0.1) is 16.9 Å². The first kappa shape index (κ1) is 19.0. The largest absolute Gasteiger partial charge is 0.348 e. The van der Waals surface area contributed by atoms with Gasteiger partial charge in [-0.2, -0.15) is 0 Å². The summed E-state index contributed by atoms with van der Waals surface area (Å²) >= 11 is 0. The van der Waals surface area contributed by atoms with Crippen molar-refractivity contribution in [3.8, 4) is 0 Å². The molecule has 0 saturated carbocycles. The quantitative estimate of drug-likeness (QED) is 0.869. The van der Waals surface area contributed by atoms with Crippen LogP contribution in [0.15, 0.2) is 48.5 Å². The van der Waals surface area contributed by atoms with Crippen molar-refractivity contribution >= 4 is 27.5 Å². The van der Waals surface area contributed by atoms with Crippen LogP contribution in [0, 0.1) is 11.2 Å². The molecule has 2 amide bonds. The molecule has 0 radical (unpaired) electrons. The van der Waals surface area contributed by atoms with Crippen LogP contribution >= 0.6 is 0 Å². The maximum Gasteiger partial charge on any atom is 0.251 e. The lowest BCUT2D eigenvalue weighted by Crippen LogP contribution is -2.33. The first-order chi connectivity index (χ1) is 12.6. The summed E-state index contributed by atoms with van der Waals surface area (Å²) < 4.78 is 39.2. The van der Waals surface area contributed by atoms with Crippen LogP contribution in [0.1, 0.15) is 29.8 Å². The van der Waals surface area contributed by atoms with Gasteiger partial charge in [-0.25, -0.2) is 17.1 Å². The monoisotopic (exact) mass is 390 g/mol. The summed E-state index contributed by atoms with van der Waals surface area (Å²) in [6, 6.07) is 11.9. The molecule has 0 atom stereocenters. The van der Waals surface area contributed by atoms with E-state index in [9.17, 15) is 22.4 Å². The van der Waals surface area contributed by atoms with Gasteiger partial charge in [-0.15, -0.1) is 0 Å². The number of nitrogens with zero attached hydrogens (tertiary/aromatic N) is 1. The van der Waals surface area contributed by atoms with E-state index in [0.29, 0.717) is 5.56 Å². The summed E-state index contributed by atoms with van der Waals surface area (Å²) in [5.74, 6) is -1.75. The van der Waals surface area contributed by atoms with Gasteiger partial charge in [-0.05, 0) is 38.1 Å². The smallest absolute Gasteiger partial charge is 0.251 e. The second-order valence-corrected chi connectivity index (χ2v) is 8.85. The number of halogens is 1. The standard InChI is InChI=1S/C19H19FN2O4S/c1-19(2)12-27(25,26)22(18(19)24)15-8-5-7-13(10-15)17(23)21-11-14-6-3-4-9-16(14)20/h3-10H,11-12H2,1-2H3,(H,21,23). The summed E-state index contributed by atoms with van der Waals surface area (Å²) in [7, 11) is -3.80. The van der Waals surface area contributed by atoms with Crippen LogP contribution in [0.5, 0.6) is 0 Å². The molecule has 1 saturated heterocycles. The van der Waals surface area contributed by atoms with Crippen LogP contribution in [0.25, 0.3) is 0 Å². The lowest BCUT2D eigenvalue weighted by atomic mass is 9.95. The number of rotatable bonds is 4. The number of amides is 2. The molecule has 2 aromatic carbocycles. The van der Waals surface area contributed by atoms with Crippen LogP contribution < -0.4 is 9.62 Å². The maximum absolute atomic E-state index is 13.7. The molecule has 3 rings (SSSR count). The fourth-order valence-electron chi connectivity index (χ4n) is 2.95. The molecule has 1 fully saturated rings. The Morgan fingerprint density at radius 1 is 1.19 bits per heavy atom. The van der Waals surface area contributed by atoms with Crippen LogP contribution in [-0.2, 0) is 21.4 Å². The fourth-order valence-corrected chi connectivity index (χ4v) is 5.05. The molecule has 27 heavy (non-hydrogen) atoms. The Labute approximate surface area is 157 Å². The Hall–Kier alpha value is -2.74. The molecular formula is C19H19FN2O4S. The van der Waals surface area contributed by atoms with E-state index in [4.69, 9.17) is 0 Å². The number of carbonyl (C=O) groups excluding carboxylic acids is 2. The zero-order valence-electron chi connectivity index (χ0n) is 14.9. The van der Waals surface area contributed by atoms with E-state index in [1.807, 2.05) is 0 Å². The van der Waals surface area contributed by atoms with Crippen molar-refractivity contribution in [2.45, 2.75) is 20.4 Å². The first-order valence-corrected chi connectivity index (χ1v) is 9.92. The molecule has 1 aliphatic heterocycles. The van der Waals surface area contributed by atoms with Gasteiger partial charge in [0.25, 0.3) is 5.91 Å². The average Bonchev–Trinajstić information content (AvgIpc) is 2.76. The molecule has 142 valence electrons. The van der Waals surface area contributed by atoms with Crippen LogP contribution in [-0.4, -0.2) is 26.0 Å². The molecule has 1 N–H and O–H groups in total. The Balaban J connectivity index is 1.83. The summed E-state index contributed by atoms with van der Waals surface area (Å²) in [5.41, 5.74) is -0.399.